The maximum Gasteiger partial charge on any atom is 0.315 e. The van der Waals surface area contributed by atoms with E-state index in [-0.39, 0.29) is 18.6 Å². The van der Waals surface area contributed by atoms with Crippen LogP contribution in [0.5, 0.6) is 0 Å². The summed E-state index contributed by atoms with van der Waals surface area (Å²) >= 11 is 6.08. The number of hydrogen-bond donors (Lipinski definition) is 3. The molecule has 2 amide bonds. The zero-order valence-electron chi connectivity index (χ0n) is 12.1. The number of carbonyl (C=O) groups is 1. The van der Waals surface area contributed by atoms with E-state index in [0.29, 0.717) is 23.8 Å². The van der Waals surface area contributed by atoms with Crippen molar-refractivity contribution in [1.29, 1.82) is 0 Å². The number of nitrogens with one attached hydrogen (secondary N) is 2. The number of amides is 2. The number of hydrogen-bond acceptors (Lipinski definition) is 3. The molecule has 1 saturated heterocycles. The van der Waals surface area contributed by atoms with Crippen LogP contribution in [0.1, 0.15) is 25.3 Å². The molecule has 1 fully saturated rings. The quantitative estimate of drug-likeness (QED) is 0.796. The first-order valence-electron chi connectivity index (χ1n) is 7.08. The Kier molecular flexibility index (Phi) is 5.45. The Hall–Kier alpha value is -1.30. The molecule has 0 bridgehead atoms. The number of carbonyl (C=O) groups excluding carboxylic acids is 1. The number of benzene rings is 1. The Bertz CT molecular complexity index is 488. The van der Waals surface area contributed by atoms with Crippen molar-refractivity contribution in [2.24, 2.45) is 0 Å². The molecule has 0 aromatic heterocycles. The number of halogens is 1. The molecule has 6 heteroatoms. The summed E-state index contributed by atoms with van der Waals surface area (Å²) in [5, 5.41) is 16.5. The van der Waals surface area contributed by atoms with Gasteiger partial charge < -0.3 is 20.5 Å². The Labute approximate surface area is 129 Å². The summed E-state index contributed by atoms with van der Waals surface area (Å²) in [7, 11) is 0. The zero-order chi connectivity index (χ0) is 15.3. The molecule has 0 saturated carbocycles. The third-order valence-electron chi connectivity index (χ3n) is 3.60. The zero-order valence-corrected chi connectivity index (χ0v) is 12.8. The van der Waals surface area contributed by atoms with Crippen LogP contribution in [-0.2, 0) is 10.3 Å². The minimum atomic E-state index is -1.22. The topological polar surface area (TPSA) is 70.6 Å². The van der Waals surface area contributed by atoms with Crippen LogP contribution < -0.4 is 10.6 Å². The largest absolute Gasteiger partial charge is 0.384 e. The maximum absolute atomic E-state index is 11.9. The van der Waals surface area contributed by atoms with E-state index in [1.54, 1.807) is 31.2 Å². The highest BCUT2D eigenvalue weighted by Gasteiger charge is 2.26. The summed E-state index contributed by atoms with van der Waals surface area (Å²) in [5.41, 5.74) is -0.622. The Morgan fingerprint density at radius 3 is 2.76 bits per heavy atom. The Morgan fingerprint density at radius 1 is 1.43 bits per heavy atom. The first-order valence-corrected chi connectivity index (χ1v) is 7.46. The lowest BCUT2D eigenvalue weighted by Gasteiger charge is -2.27. The lowest BCUT2D eigenvalue weighted by Crippen LogP contribution is -2.48. The van der Waals surface area contributed by atoms with Gasteiger partial charge in [-0.1, -0.05) is 29.8 Å². The Morgan fingerprint density at radius 2 is 2.10 bits per heavy atom. The molecule has 0 spiro atoms. The molecule has 5 nitrogen and oxygen atoms in total. The fourth-order valence-electron chi connectivity index (χ4n) is 2.32. The van der Waals surface area contributed by atoms with Gasteiger partial charge in [0.2, 0.25) is 0 Å². The molecule has 116 valence electrons. The number of aliphatic hydroxyl groups is 1. The van der Waals surface area contributed by atoms with Crippen molar-refractivity contribution < 1.29 is 14.6 Å². The molecule has 0 aliphatic carbocycles. The number of rotatable bonds is 4. The van der Waals surface area contributed by atoms with Crippen molar-refractivity contribution in [3.63, 3.8) is 0 Å². The van der Waals surface area contributed by atoms with Crippen molar-refractivity contribution in [1.82, 2.24) is 10.6 Å². The van der Waals surface area contributed by atoms with Crippen LogP contribution in [-0.4, -0.2) is 36.9 Å². The van der Waals surface area contributed by atoms with E-state index in [2.05, 4.69) is 10.6 Å². The maximum atomic E-state index is 11.9. The van der Waals surface area contributed by atoms with Gasteiger partial charge in [-0.05, 0) is 25.8 Å². The standard InChI is InChI=1S/C15H21ClN2O3/c1-15(20,12-4-2-3-5-13(12)16)10-17-14(19)18-11-6-8-21-9-7-11/h2-5,11,20H,6-10H2,1H3,(H2,17,18,19). The van der Waals surface area contributed by atoms with Gasteiger partial charge in [0.05, 0.1) is 6.54 Å². The lowest BCUT2D eigenvalue weighted by atomic mass is 9.96. The highest BCUT2D eigenvalue weighted by molar-refractivity contribution is 6.31. The third kappa shape index (κ3) is 4.59. The molecule has 21 heavy (non-hydrogen) atoms. The first-order chi connectivity index (χ1) is 9.99. The van der Waals surface area contributed by atoms with E-state index in [0.717, 1.165) is 12.8 Å². The SMILES string of the molecule is CC(O)(CNC(=O)NC1CCOCC1)c1ccccc1Cl. The molecule has 1 unspecified atom stereocenters. The molecular weight excluding hydrogens is 292 g/mol. The lowest BCUT2D eigenvalue weighted by molar-refractivity contribution is 0.0580. The highest BCUT2D eigenvalue weighted by atomic mass is 35.5. The molecule has 1 aromatic rings. The van der Waals surface area contributed by atoms with Crippen molar-refractivity contribution in [2.45, 2.75) is 31.4 Å². The molecule has 1 heterocycles. The van der Waals surface area contributed by atoms with E-state index < -0.39 is 5.60 Å². The van der Waals surface area contributed by atoms with Crippen LogP contribution in [0.3, 0.4) is 0 Å². The smallest absolute Gasteiger partial charge is 0.315 e. The van der Waals surface area contributed by atoms with Gasteiger partial charge in [0.25, 0.3) is 0 Å². The second-order valence-electron chi connectivity index (χ2n) is 5.47. The van der Waals surface area contributed by atoms with Crippen molar-refractivity contribution in [3.8, 4) is 0 Å². The minimum Gasteiger partial charge on any atom is -0.384 e. The minimum absolute atomic E-state index is 0.0891. The van der Waals surface area contributed by atoms with Gasteiger partial charge in [0.15, 0.2) is 0 Å². The van der Waals surface area contributed by atoms with Crippen LogP contribution in [0, 0.1) is 0 Å². The van der Waals surface area contributed by atoms with Crippen LogP contribution in [0.4, 0.5) is 4.79 Å². The second kappa shape index (κ2) is 7.11. The molecular formula is C15H21ClN2O3. The first kappa shape index (κ1) is 16.1. The van der Waals surface area contributed by atoms with Crippen LogP contribution in [0.25, 0.3) is 0 Å². The highest BCUT2D eigenvalue weighted by Crippen LogP contribution is 2.27. The molecule has 1 aliphatic rings. The predicted molar refractivity (Wildman–Crippen MR) is 81.4 cm³/mol. The van der Waals surface area contributed by atoms with Gasteiger partial charge in [-0.15, -0.1) is 0 Å². The van der Waals surface area contributed by atoms with E-state index in [9.17, 15) is 9.90 Å². The molecule has 3 N–H and O–H groups in total. The third-order valence-corrected chi connectivity index (χ3v) is 3.93. The van der Waals surface area contributed by atoms with Gasteiger partial charge in [0, 0.05) is 29.8 Å². The van der Waals surface area contributed by atoms with Gasteiger partial charge in [-0.25, -0.2) is 4.79 Å². The van der Waals surface area contributed by atoms with Crippen LogP contribution >= 0.6 is 11.6 Å². The summed E-state index contributed by atoms with van der Waals surface area (Å²) in [4.78, 5) is 11.9. The van der Waals surface area contributed by atoms with Crippen LogP contribution in [0.2, 0.25) is 5.02 Å². The van der Waals surface area contributed by atoms with Gasteiger partial charge >= 0.3 is 6.03 Å². The van der Waals surface area contributed by atoms with Crippen molar-refractivity contribution in [3.05, 3.63) is 34.9 Å². The summed E-state index contributed by atoms with van der Waals surface area (Å²) in [6.07, 6.45) is 1.63. The second-order valence-corrected chi connectivity index (χ2v) is 5.87. The summed E-state index contributed by atoms with van der Waals surface area (Å²) < 4.78 is 5.24. The number of ether oxygens (including phenoxy) is 1. The molecule has 0 radical (unpaired) electrons. The van der Waals surface area contributed by atoms with E-state index in [1.807, 2.05) is 0 Å². The molecule has 1 aromatic carbocycles. The normalized spacial score (nSPS) is 18.8. The summed E-state index contributed by atoms with van der Waals surface area (Å²) in [5.74, 6) is 0. The summed E-state index contributed by atoms with van der Waals surface area (Å²) in [6.45, 7) is 3.05. The van der Waals surface area contributed by atoms with Crippen molar-refractivity contribution >= 4 is 17.6 Å². The van der Waals surface area contributed by atoms with Gasteiger partial charge in [-0.2, -0.15) is 0 Å². The van der Waals surface area contributed by atoms with E-state index >= 15 is 0 Å². The fourth-order valence-corrected chi connectivity index (χ4v) is 2.66. The summed E-state index contributed by atoms with van der Waals surface area (Å²) in [6, 6.07) is 6.91. The molecule has 2 rings (SSSR count). The van der Waals surface area contributed by atoms with E-state index in [1.165, 1.54) is 0 Å². The van der Waals surface area contributed by atoms with Gasteiger partial charge in [-0.3, -0.25) is 0 Å². The average molecular weight is 313 g/mol. The van der Waals surface area contributed by atoms with Crippen molar-refractivity contribution in [2.75, 3.05) is 19.8 Å². The monoisotopic (exact) mass is 312 g/mol. The van der Waals surface area contributed by atoms with Crippen LogP contribution in [0.15, 0.2) is 24.3 Å². The fraction of sp³-hybridized carbons (Fsp3) is 0.533. The number of urea groups is 1. The molecule has 1 aliphatic heterocycles. The van der Waals surface area contributed by atoms with Gasteiger partial charge in [0.1, 0.15) is 5.60 Å². The average Bonchev–Trinajstić information content (AvgIpc) is 2.47. The Balaban J connectivity index is 1.86. The van der Waals surface area contributed by atoms with E-state index in [4.69, 9.17) is 16.3 Å². The molecule has 1 atom stereocenters. The predicted octanol–water partition coefficient (Wildman–Crippen LogP) is 2.03.